The number of thiophene rings is 1. The van der Waals surface area contributed by atoms with Gasteiger partial charge < -0.3 is 0 Å². The van der Waals surface area contributed by atoms with Crippen LogP contribution < -0.4 is 4.72 Å². The van der Waals surface area contributed by atoms with Gasteiger partial charge in [0.2, 0.25) is 0 Å². The van der Waals surface area contributed by atoms with Gasteiger partial charge in [-0.1, -0.05) is 6.07 Å². The zero-order valence-electron chi connectivity index (χ0n) is 10.4. The molecular weight excluding hydrogens is 294 g/mol. The lowest BCUT2D eigenvalue weighted by molar-refractivity contribution is 0.603. The fourth-order valence-corrected chi connectivity index (χ4v) is 3.75. The predicted octanol–water partition coefficient (Wildman–Crippen LogP) is 2.60. The first kappa shape index (κ1) is 14.1. The highest BCUT2D eigenvalue weighted by Crippen LogP contribution is 2.25. The minimum atomic E-state index is -3.74. The van der Waals surface area contributed by atoms with Gasteiger partial charge in [-0.3, -0.25) is 4.72 Å². The van der Waals surface area contributed by atoms with E-state index in [0.717, 1.165) is 11.3 Å². The van der Waals surface area contributed by atoms with Crippen LogP contribution in [0.1, 0.15) is 16.0 Å². The summed E-state index contributed by atoms with van der Waals surface area (Å²) in [5, 5.41) is 17.6. The summed E-state index contributed by atoms with van der Waals surface area (Å²) in [5.41, 5.74) is 1.44. The highest BCUT2D eigenvalue weighted by atomic mass is 32.2. The van der Waals surface area contributed by atoms with Gasteiger partial charge in [0.1, 0.15) is 15.2 Å². The van der Waals surface area contributed by atoms with E-state index in [1.54, 1.807) is 19.1 Å². The molecule has 0 aliphatic heterocycles. The molecule has 1 N–H and O–H groups in total. The van der Waals surface area contributed by atoms with Gasteiger partial charge in [-0.05, 0) is 36.8 Å². The van der Waals surface area contributed by atoms with Gasteiger partial charge in [0.05, 0.1) is 17.3 Å². The van der Waals surface area contributed by atoms with E-state index < -0.39 is 10.0 Å². The maximum atomic E-state index is 12.2. The fourth-order valence-electron chi connectivity index (χ4n) is 1.52. The Morgan fingerprint density at radius 1 is 1.15 bits per heavy atom. The van der Waals surface area contributed by atoms with Crippen LogP contribution in [0.25, 0.3) is 0 Å². The summed E-state index contributed by atoms with van der Waals surface area (Å²) in [7, 11) is -3.74. The van der Waals surface area contributed by atoms with Crippen LogP contribution in [0.5, 0.6) is 0 Å². The molecule has 1 aromatic carbocycles. The van der Waals surface area contributed by atoms with Crippen molar-refractivity contribution >= 4 is 27.0 Å². The predicted molar refractivity (Wildman–Crippen MR) is 75.7 cm³/mol. The zero-order chi connectivity index (χ0) is 14.8. The third kappa shape index (κ3) is 2.80. The monoisotopic (exact) mass is 303 g/mol. The van der Waals surface area contributed by atoms with Crippen LogP contribution in [-0.4, -0.2) is 8.42 Å². The number of hydrogen-bond acceptors (Lipinski definition) is 5. The quantitative estimate of drug-likeness (QED) is 0.943. The van der Waals surface area contributed by atoms with Crippen LogP contribution in [-0.2, 0) is 10.0 Å². The molecule has 0 bridgehead atoms. The van der Waals surface area contributed by atoms with Crippen molar-refractivity contribution in [3.63, 3.8) is 0 Å². The molecule has 0 radical (unpaired) electrons. The van der Waals surface area contributed by atoms with Gasteiger partial charge >= 0.3 is 0 Å². The van der Waals surface area contributed by atoms with Crippen molar-refractivity contribution in [2.75, 3.05) is 4.72 Å². The van der Waals surface area contributed by atoms with Crippen molar-refractivity contribution in [3.05, 3.63) is 46.3 Å². The molecule has 0 unspecified atom stereocenters. The molecule has 100 valence electrons. The van der Waals surface area contributed by atoms with Crippen LogP contribution in [0.3, 0.4) is 0 Å². The summed E-state index contributed by atoms with van der Waals surface area (Å²) in [5.74, 6) is 0. The summed E-state index contributed by atoms with van der Waals surface area (Å²) in [4.78, 5) is 0.327. The van der Waals surface area contributed by atoms with Crippen LogP contribution in [0.2, 0.25) is 0 Å². The van der Waals surface area contributed by atoms with Crippen molar-refractivity contribution < 1.29 is 8.42 Å². The van der Waals surface area contributed by atoms with Crippen molar-refractivity contribution in [2.24, 2.45) is 0 Å². The van der Waals surface area contributed by atoms with Gasteiger partial charge in [0.15, 0.2) is 0 Å². The van der Waals surface area contributed by atoms with Crippen molar-refractivity contribution in [3.8, 4) is 12.1 Å². The molecule has 2 aromatic rings. The lowest BCUT2D eigenvalue weighted by Crippen LogP contribution is -2.12. The Kier molecular flexibility index (Phi) is 3.75. The van der Waals surface area contributed by atoms with Crippen molar-refractivity contribution in [1.29, 1.82) is 10.5 Å². The molecule has 0 fully saturated rings. The Hall–Kier alpha value is -2.35. The molecule has 1 heterocycles. The van der Waals surface area contributed by atoms with E-state index in [0.29, 0.717) is 21.7 Å². The average molecular weight is 303 g/mol. The molecule has 0 aliphatic carbocycles. The first-order valence-electron chi connectivity index (χ1n) is 5.50. The number of sulfonamides is 1. The minimum Gasteiger partial charge on any atom is -0.279 e. The molecule has 7 heteroatoms. The number of benzene rings is 1. The van der Waals surface area contributed by atoms with E-state index in [1.807, 2.05) is 12.1 Å². The molecule has 20 heavy (non-hydrogen) atoms. The van der Waals surface area contributed by atoms with Crippen LogP contribution in [0.15, 0.2) is 34.5 Å². The molecular formula is C13H9N3O2S2. The Labute approximate surface area is 120 Å². The molecule has 0 atom stereocenters. The Bertz CT molecular complexity index is 839. The van der Waals surface area contributed by atoms with Gasteiger partial charge in [0, 0.05) is 0 Å². The first-order valence-corrected chi connectivity index (χ1v) is 7.80. The zero-order valence-corrected chi connectivity index (χ0v) is 12.0. The molecule has 0 spiro atoms. The maximum Gasteiger partial charge on any atom is 0.271 e. The van der Waals surface area contributed by atoms with E-state index in [1.165, 1.54) is 18.2 Å². The van der Waals surface area contributed by atoms with E-state index in [4.69, 9.17) is 10.5 Å². The van der Waals surface area contributed by atoms with E-state index in [9.17, 15) is 8.42 Å². The largest absolute Gasteiger partial charge is 0.279 e. The topological polar surface area (TPSA) is 93.8 Å². The second-order valence-corrected chi connectivity index (χ2v) is 6.97. The average Bonchev–Trinajstić information content (AvgIpc) is 2.91. The highest BCUT2D eigenvalue weighted by molar-refractivity contribution is 7.94. The molecule has 2 rings (SSSR count). The Morgan fingerprint density at radius 3 is 2.50 bits per heavy atom. The van der Waals surface area contributed by atoms with Crippen molar-refractivity contribution in [1.82, 2.24) is 0 Å². The van der Waals surface area contributed by atoms with Gasteiger partial charge in [-0.15, -0.1) is 11.3 Å². The van der Waals surface area contributed by atoms with Gasteiger partial charge in [-0.2, -0.15) is 10.5 Å². The molecule has 1 aromatic heterocycles. The van der Waals surface area contributed by atoms with E-state index in [-0.39, 0.29) is 4.21 Å². The minimum absolute atomic E-state index is 0.0656. The molecule has 0 aliphatic rings. The maximum absolute atomic E-state index is 12.2. The molecule has 0 saturated carbocycles. The van der Waals surface area contributed by atoms with Crippen LogP contribution in [0.4, 0.5) is 5.69 Å². The van der Waals surface area contributed by atoms with Crippen LogP contribution >= 0.6 is 11.3 Å². The molecule has 0 amide bonds. The number of aryl methyl sites for hydroxylation is 1. The number of nitriles is 2. The fraction of sp³-hybridized carbons (Fsp3) is 0.0769. The molecule has 0 saturated heterocycles. The molecule has 5 nitrogen and oxygen atoms in total. The Morgan fingerprint density at radius 2 is 1.90 bits per heavy atom. The lowest BCUT2D eigenvalue weighted by atomic mass is 10.1. The number of nitrogens with one attached hydrogen (secondary N) is 1. The second-order valence-electron chi connectivity index (χ2n) is 3.98. The van der Waals surface area contributed by atoms with Crippen molar-refractivity contribution in [2.45, 2.75) is 11.1 Å². The van der Waals surface area contributed by atoms with Crippen LogP contribution in [0, 0.1) is 29.6 Å². The standard InChI is InChI=1S/C13H9N3O2S2/c1-9-2-3-10(7-14)6-12(9)16-20(17,18)13-5-4-11(8-15)19-13/h2-6,16H,1H3. The van der Waals surface area contributed by atoms with E-state index >= 15 is 0 Å². The smallest absolute Gasteiger partial charge is 0.271 e. The third-order valence-corrected chi connectivity index (χ3v) is 5.41. The third-order valence-electron chi connectivity index (χ3n) is 2.57. The highest BCUT2D eigenvalue weighted by Gasteiger charge is 2.18. The summed E-state index contributed by atoms with van der Waals surface area (Å²) in [6, 6.07) is 11.5. The number of nitrogens with zero attached hydrogens (tertiary/aromatic N) is 2. The summed E-state index contributed by atoms with van der Waals surface area (Å²) in [6.45, 7) is 1.74. The number of rotatable bonds is 3. The summed E-state index contributed by atoms with van der Waals surface area (Å²) >= 11 is 0.898. The lowest BCUT2D eigenvalue weighted by Gasteiger charge is -2.09. The summed E-state index contributed by atoms with van der Waals surface area (Å²) in [6.07, 6.45) is 0. The number of anilines is 1. The Balaban J connectivity index is 2.38. The number of hydrogen-bond donors (Lipinski definition) is 1. The first-order chi connectivity index (χ1) is 9.46. The van der Waals surface area contributed by atoms with E-state index in [2.05, 4.69) is 4.72 Å². The summed E-state index contributed by atoms with van der Waals surface area (Å²) < 4.78 is 26.9. The van der Waals surface area contributed by atoms with Gasteiger partial charge in [-0.25, -0.2) is 8.42 Å². The SMILES string of the molecule is Cc1ccc(C#N)cc1NS(=O)(=O)c1ccc(C#N)s1. The van der Waals surface area contributed by atoms with Gasteiger partial charge in [0.25, 0.3) is 10.0 Å². The normalized spacial score (nSPS) is 10.6. The second kappa shape index (κ2) is 5.33.